The number of carbonyl (C=O) groups is 2. The molecule has 2 bridgehead atoms. The van der Waals surface area contributed by atoms with Gasteiger partial charge in [0.15, 0.2) is 23.4 Å². The smallest absolute Gasteiger partial charge is 0.306 e. The van der Waals surface area contributed by atoms with Gasteiger partial charge in [0.05, 0.1) is 19.1 Å². The minimum Gasteiger partial charge on any atom is -0.493 e. The Bertz CT molecular complexity index is 1010. The largest absolute Gasteiger partial charge is 0.493 e. The van der Waals surface area contributed by atoms with E-state index in [1.54, 1.807) is 7.11 Å². The zero-order chi connectivity index (χ0) is 23.4. The van der Waals surface area contributed by atoms with Crippen molar-refractivity contribution in [3.8, 4) is 11.5 Å². The summed E-state index contributed by atoms with van der Waals surface area (Å²) in [7, 11) is 1.59. The van der Waals surface area contributed by atoms with Crippen LogP contribution in [0.3, 0.4) is 0 Å². The second-order valence-corrected chi connectivity index (χ2v) is 9.77. The lowest BCUT2D eigenvalue weighted by Crippen LogP contribution is -2.72. The maximum absolute atomic E-state index is 13.2. The fraction of sp³-hybridized carbons (Fsp3) is 0.667. The van der Waals surface area contributed by atoms with E-state index in [2.05, 4.69) is 17.8 Å². The molecule has 2 saturated carbocycles. The Hall–Kier alpha value is -2.84. The molecule has 0 saturated heterocycles. The Labute approximate surface area is 191 Å². The molecule has 2 fully saturated rings. The first-order chi connectivity index (χ1) is 15.8. The molecule has 0 N–H and O–H groups in total. The summed E-state index contributed by atoms with van der Waals surface area (Å²) < 4.78 is 18.3. The molecular weight excluding hydrogens is 430 g/mol. The third kappa shape index (κ3) is 3.04. The maximum Gasteiger partial charge on any atom is 0.306 e. The predicted molar refractivity (Wildman–Crippen MR) is 115 cm³/mol. The van der Waals surface area contributed by atoms with Gasteiger partial charge in [0.2, 0.25) is 0 Å². The Balaban J connectivity index is 1.51. The lowest BCUT2D eigenvalue weighted by Gasteiger charge is -2.62. The zero-order valence-electron chi connectivity index (χ0n) is 19.0. The van der Waals surface area contributed by atoms with Gasteiger partial charge in [-0.25, -0.2) is 0 Å². The van der Waals surface area contributed by atoms with Crippen molar-refractivity contribution in [3.63, 3.8) is 0 Å². The molecule has 1 heterocycles. The molecule has 4 aliphatic rings. The van der Waals surface area contributed by atoms with Gasteiger partial charge < -0.3 is 19.0 Å². The van der Waals surface area contributed by atoms with Crippen molar-refractivity contribution in [2.75, 3.05) is 13.7 Å². The number of ketones is 1. The van der Waals surface area contributed by atoms with Gasteiger partial charge in [-0.1, -0.05) is 13.0 Å². The number of hydrogen-bond donors (Lipinski definition) is 0. The topological polar surface area (TPSA) is 114 Å². The number of benzene rings is 1. The molecule has 0 radical (unpaired) electrons. The monoisotopic (exact) mass is 459 g/mol. The van der Waals surface area contributed by atoms with E-state index in [0.29, 0.717) is 43.1 Å². The highest BCUT2D eigenvalue weighted by Crippen LogP contribution is 2.69. The van der Waals surface area contributed by atoms with Crippen molar-refractivity contribution in [1.82, 2.24) is 0 Å². The summed E-state index contributed by atoms with van der Waals surface area (Å²) in [5.74, 6) is 1.39. The lowest BCUT2D eigenvalue weighted by atomic mass is 9.43. The van der Waals surface area contributed by atoms with Crippen LogP contribution in [0, 0.1) is 22.0 Å². The van der Waals surface area contributed by atoms with Crippen LogP contribution < -0.4 is 9.47 Å². The number of unbranched alkanes of at least 4 members (excludes halogenated alkanes) is 1. The van der Waals surface area contributed by atoms with E-state index in [4.69, 9.17) is 14.2 Å². The van der Waals surface area contributed by atoms with Gasteiger partial charge in [0.25, 0.3) is 5.09 Å². The first-order valence-corrected chi connectivity index (χ1v) is 11.7. The average molecular weight is 459 g/mol. The number of rotatable bonds is 8. The number of methoxy groups -OCH3 is 1. The molecule has 0 amide bonds. The Morgan fingerprint density at radius 3 is 2.88 bits per heavy atom. The average Bonchev–Trinajstić information content (AvgIpc) is 3.14. The Morgan fingerprint density at radius 2 is 2.12 bits per heavy atom. The second kappa shape index (κ2) is 7.88. The van der Waals surface area contributed by atoms with Crippen molar-refractivity contribution < 1.29 is 33.7 Å². The first kappa shape index (κ1) is 22.0. The molecule has 0 aromatic heterocycles. The van der Waals surface area contributed by atoms with Gasteiger partial charge in [0.1, 0.15) is 5.60 Å². The van der Waals surface area contributed by atoms with Crippen LogP contribution in [0.2, 0.25) is 0 Å². The quantitative estimate of drug-likeness (QED) is 0.252. The summed E-state index contributed by atoms with van der Waals surface area (Å²) in [4.78, 5) is 40.9. The molecule has 33 heavy (non-hydrogen) atoms. The standard InChI is InChI=1S/C24H29NO8/c1-14-8-10-23-20-15-6-7-18(30-2)21(20)32-22(23)17(26)9-11-24(23,16(14)13-15)33-19(27)5-3-4-12-31-25(28)29/h6-7,14,16,22H,3-5,8-13H2,1-2H3/t14-,16+,22+,23+,24?/m1/s1. The number of hydrogen-bond acceptors (Lipinski definition) is 8. The number of carbonyl (C=O) groups excluding carboxylic acids is 2. The van der Waals surface area contributed by atoms with E-state index in [-0.39, 0.29) is 30.7 Å². The zero-order valence-corrected chi connectivity index (χ0v) is 19.0. The van der Waals surface area contributed by atoms with E-state index in [9.17, 15) is 19.7 Å². The summed E-state index contributed by atoms with van der Waals surface area (Å²) in [6.45, 7) is 2.16. The number of nitrogens with zero attached hydrogens (tertiary/aromatic N) is 1. The third-order valence-electron chi connectivity index (χ3n) is 8.34. The minimum absolute atomic E-state index is 0.0457. The van der Waals surface area contributed by atoms with Crippen LogP contribution in [0.1, 0.15) is 63.0 Å². The van der Waals surface area contributed by atoms with Gasteiger partial charge in [-0.2, -0.15) is 0 Å². The van der Waals surface area contributed by atoms with Crippen LogP contribution >= 0.6 is 0 Å². The second-order valence-electron chi connectivity index (χ2n) is 9.77. The molecule has 3 aliphatic carbocycles. The molecule has 178 valence electrons. The van der Waals surface area contributed by atoms with Crippen molar-refractivity contribution >= 4 is 11.8 Å². The van der Waals surface area contributed by atoms with Gasteiger partial charge in [-0.15, -0.1) is 10.1 Å². The molecule has 9 nitrogen and oxygen atoms in total. The lowest BCUT2D eigenvalue weighted by molar-refractivity contribution is -0.757. The first-order valence-electron chi connectivity index (χ1n) is 11.7. The number of Topliss-reactive ketones (excluding diaryl/α,β-unsaturated/α-hetero) is 1. The van der Waals surface area contributed by atoms with Crippen molar-refractivity contribution in [2.45, 2.75) is 75.4 Å². The molecule has 1 aromatic rings. The van der Waals surface area contributed by atoms with Crippen molar-refractivity contribution in [1.29, 1.82) is 0 Å². The van der Waals surface area contributed by atoms with Gasteiger partial charge in [-0.05, 0) is 56.1 Å². The van der Waals surface area contributed by atoms with Gasteiger partial charge in [0, 0.05) is 24.3 Å². The SMILES string of the molecule is COc1ccc2c3c1O[C@H]1C(=O)CCC4(OC(=O)CCCCO[N+](=O)[O-])[C@@H](C2)[C@H](C)CC[C@]314. The highest BCUT2D eigenvalue weighted by atomic mass is 16.9. The Kier molecular flexibility index (Phi) is 5.25. The molecule has 1 aliphatic heterocycles. The van der Waals surface area contributed by atoms with E-state index in [1.165, 1.54) is 0 Å². The van der Waals surface area contributed by atoms with Gasteiger partial charge >= 0.3 is 5.97 Å². The van der Waals surface area contributed by atoms with Crippen LogP contribution in [0.5, 0.6) is 11.5 Å². The number of ether oxygens (including phenoxy) is 3. The predicted octanol–water partition coefficient (Wildman–Crippen LogP) is 3.32. The third-order valence-corrected chi connectivity index (χ3v) is 8.34. The molecular formula is C24H29NO8. The van der Waals surface area contributed by atoms with E-state index in [0.717, 1.165) is 30.4 Å². The molecule has 9 heteroatoms. The minimum atomic E-state index is -0.830. The fourth-order valence-electron chi connectivity index (χ4n) is 7.01. The molecule has 1 unspecified atom stereocenters. The summed E-state index contributed by atoms with van der Waals surface area (Å²) in [5, 5.41) is 9.48. The van der Waals surface area contributed by atoms with Crippen LogP contribution in [0.25, 0.3) is 0 Å². The molecule has 5 rings (SSSR count). The van der Waals surface area contributed by atoms with Crippen LogP contribution in [-0.4, -0.2) is 42.3 Å². The summed E-state index contributed by atoms with van der Waals surface area (Å²) in [6.07, 6.45) is 3.53. The van der Waals surface area contributed by atoms with Crippen molar-refractivity contribution in [2.24, 2.45) is 11.8 Å². The maximum atomic E-state index is 13.2. The van der Waals surface area contributed by atoms with E-state index >= 15 is 0 Å². The van der Waals surface area contributed by atoms with Crippen LogP contribution in [-0.2, 0) is 31.0 Å². The summed E-state index contributed by atoms with van der Waals surface area (Å²) >= 11 is 0. The summed E-state index contributed by atoms with van der Waals surface area (Å²) in [6, 6.07) is 3.97. The highest BCUT2D eigenvalue weighted by Gasteiger charge is 2.75. The number of esters is 1. The normalized spacial score (nSPS) is 33.0. The molecule has 1 aromatic carbocycles. The molecule has 5 atom stereocenters. The van der Waals surface area contributed by atoms with Crippen LogP contribution in [0.15, 0.2) is 12.1 Å². The Morgan fingerprint density at radius 1 is 1.30 bits per heavy atom. The van der Waals surface area contributed by atoms with Crippen LogP contribution in [0.4, 0.5) is 0 Å². The van der Waals surface area contributed by atoms with E-state index < -0.39 is 22.2 Å². The van der Waals surface area contributed by atoms with Crippen molar-refractivity contribution in [3.05, 3.63) is 33.4 Å². The fourth-order valence-corrected chi connectivity index (χ4v) is 7.01. The summed E-state index contributed by atoms with van der Waals surface area (Å²) in [5.41, 5.74) is 0.655. The van der Waals surface area contributed by atoms with Gasteiger partial charge in [-0.3, -0.25) is 9.59 Å². The molecule has 1 spiro atoms. The highest BCUT2D eigenvalue weighted by molar-refractivity contribution is 5.90. The van der Waals surface area contributed by atoms with E-state index in [1.807, 2.05) is 6.07 Å².